The number of hydrogen-bond donors (Lipinski definition) is 2. The molecule has 0 saturated carbocycles. The predicted octanol–water partition coefficient (Wildman–Crippen LogP) is 3.79. The van der Waals surface area contributed by atoms with Crippen LogP contribution in [0.2, 0.25) is 0 Å². The molecule has 0 aromatic heterocycles. The number of rotatable bonds is 13. The van der Waals surface area contributed by atoms with Crippen LogP contribution in [-0.4, -0.2) is 69.6 Å². The highest BCUT2D eigenvalue weighted by Gasteiger charge is 2.20. The van der Waals surface area contributed by atoms with Gasteiger partial charge in [0.15, 0.2) is 0 Å². The van der Waals surface area contributed by atoms with Crippen molar-refractivity contribution in [3.63, 3.8) is 0 Å². The van der Waals surface area contributed by atoms with Crippen molar-refractivity contribution in [2.24, 2.45) is 0 Å². The van der Waals surface area contributed by atoms with Gasteiger partial charge in [-0.05, 0) is 42.9 Å². The molecule has 1 aromatic carbocycles. The molecule has 0 fully saturated rings. The molecule has 30 heavy (non-hydrogen) atoms. The zero-order valence-corrected chi connectivity index (χ0v) is 19.9. The number of carbonyl (C=O) groups is 2. The largest absolute Gasteiger partial charge is 0.462 e. The molecule has 2 atom stereocenters. The lowest BCUT2D eigenvalue weighted by Crippen LogP contribution is -2.31. The van der Waals surface area contributed by atoms with E-state index in [0.717, 1.165) is 6.42 Å². The van der Waals surface area contributed by atoms with Crippen molar-refractivity contribution in [2.45, 2.75) is 57.5 Å². The smallest absolute Gasteiger partial charge is 0.338 e. The second-order valence-corrected chi connectivity index (χ2v) is 10.8. The number of aliphatic hydroxyl groups excluding tert-OH is 2. The van der Waals surface area contributed by atoms with Crippen LogP contribution in [-0.2, 0) is 9.47 Å². The summed E-state index contributed by atoms with van der Waals surface area (Å²) >= 11 is 3.14. The molecule has 0 heterocycles. The van der Waals surface area contributed by atoms with Crippen molar-refractivity contribution in [2.75, 3.05) is 30.5 Å². The van der Waals surface area contributed by atoms with Gasteiger partial charge in [0, 0.05) is 16.3 Å². The Hall–Kier alpha value is -1.22. The van der Waals surface area contributed by atoms with Crippen LogP contribution in [0.3, 0.4) is 0 Å². The van der Waals surface area contributed by atoms with Crippen molar-refractivity contribution >= 4 is 35.5 Å². The van der Waals surface area contributed by atoms with Crippen LogP contribution >= 0.6 is 23.5 Å². The maximum absolute atomic E-state index is 12.1. The molecular weight excluding hydrogens is 424 g/mol. The van der Waals surface area contributed by atoms with Gasteiger partial charge < -0.3 is 19.7 Å². The van der Waals surface area contributed by atoms with Gasteiger partial charge in [0.1, 0.15) is 0 Å². The highest BCUT2D eigenvalue weighted by atomic mass is 32.2. The average Bonchev–Trinajstić information content (AvgIpc) is 2.71. The molecule has 0 radical (unpaired) electrons. The third-order valence-corrected chi connectivity index (χ3v) is 6.41. The lowest BCUT2D eigenvalue weighted by molar-refractivity contribution is 0.0489. The van der Waals surface area contributed by atoms with Crippen LogP contribution in [0.1, 0.15) is 61.3 Å². The third kappa shape index (κ3) is 11.2. The summed E-state index contributed by atoms with van der Waals surface area (Å²) < 4.78 is 10.3. The van der Waals surface area contributed by atoms with Gasteiger partial charge in [0.05, 0.1) is 36.5 Å². The fraction of sp³-hybridized carbons (Fsp3) is 0.636. The summed E-state index contributed by atoms with van der Waals surface area (Å²) in [5.74, 6) is 0.806. The average molecular weight is 459 g/mol. The van der Waals surface area contributed by atoms with Gasteiger partial charge in [-0.3, -0.25) is 0 Å². The van der Waals surface area contributed by atoms with Gasteiger partial charge in [-0.2, -0.15) is 23.5 Å². The molecule has 1 rings (SSSR count). The molecule has 0 aliphatic rings. The predicted molar refractivity (Wildman–Crippen MR) is 123 cm³/mol. The van der Waals surface area contributed by atoms with E-state index in [2.05, 4.69) is 20.8 Å². The van der Waals surface area contributed by atoms with Crippen molar-refractivity contribution in [3.05, 3.63) is 35.4 Å². The van der Waals surface area contributed by atoms with Crippen molar-refractivity contribution in [3.8, 4) is 0 Å². The van der Waals surface area contributed by atoms with E-state index in [9.17, 15) is 19.8 Å². The number of thioether (sulfide) groups is 2. The molecule has 1 aromatic rings. The normalized spacial score (nSPS) is 13.5. The number of carbonyl (C=O) groups excluding carboxylic acids is 2. The van der Waals surface area contributed by atoms with Gasteiger partial charge in [0.2, 0.25) is 0 Å². The zero-order valence-electron chi connectivity index (χ0n) is 18.3. The van der Waals surface area contributed by atoms with Crippen LogP contribution in [0.25, 0.3) is 0 Å². The minimum Gasteiger partial charge on any atom is -0.462 e. The van der Waals surface area contributed by atoms with E-state index >= 15 is 0 Å². The summed E-state index contributed by atoms with van der Waals surface area (Å²) in [4.78, 5) is 23.8. The summed E-state index contributed by atoms with van der Waals surface area (Å²) in [7, 11) is 0. The van der Waals surface area contributed by atoms with E-state index in [1.807, 2.05) is 6.92 Å². The monoisotopic (exact) mass is 458 g/mol. The first kappa shape index (κ1) is 26.8. The van der Waals surface area contributed by atoms with Crippen LogP contribution in [0.5, 0.6) is 0 Å². The van der Waals surface area contributed by atoms with E-state index in [1.165, 1.54) is 11.8 Å². The molecule has 6 nitrogen and oxygen atoms in total. The fourth-order valence-corrected chi connectivity index (χ4v) is 4.04. The number of hydrogen-bond acceptors (Lipinski definition) is 8. The molecule has 0 bridgehead atoms. The SMILES string of the molecule is CCCOC(=O)c1ccc(C(=O)OCCCSCC(O)C(O)CSC(C)(C)C)cc1. The summed E-state index contributed by atoms with van der Waals surface area (Å²) in [5, 5.41) is 20.0. The Morgan fingerprint density at radius 2 is 1.43 bits per heavy atom. The molecule has 0 spiro atoms. The molecule has 2 unspecified atom stereocenters. The Kier molecular flexibility index (Phi) is 12.5. The standard InChI is InChI=1S/C22H34O6S2/c1-5-11-27-20(25)16-7-9-17(10-8-16)21(26)28-12-6-13-29-14-18(23)19(24)15-30-22(2,3)4/h7-10,18-19,23-24H,5-6,11-15H2,1-4H3. The second-order valence-electron chi connectivity index (χ2n) is 7.84. The van der Waals surface area contributed by atoms with Crippen LogP contribution in [0.4, 0.5) is 0 Å². The zero-order chi connectivity index (χ0) is 22.6. The maximum atomic E-state index is 12.1. The van der Waals surface area contributed by atoms with E-state index in [0.29, 0.717) is 41.4 Å². The Bertz CT molecular complexity index is 642. The number of esters is 2. The lowest BCUT2D eigenvalue weighted by atomic mass is 10.1. The van der Waals surface area contributed by atoms with Crippen LogP contribution in [0.15, 0.2) is 24.3 Å². The molecule has 0 aliphatic heterocycles. The van der Waals surface area contributed by atoms with Crippen LogP contribution < -0.4 is 0 Å². The van der Waals surface area contributed by atoms with Crippen molar-refractivity contribution in [1.82, 2.24) is 0 Å². The minimum absolute atomic E-state index is 0.0520. The maximum Gasteiger partial charge on any atom is 0.338 e. The molecule has 0 aliphatic carbocycles. The van der Waals surface area contributed by atoms with Gasteiger partial charge in [-0.25, -0.2) is 9.59 Å². The number of benzene rings is 1. The fourth-order valence-electron chi connectivity index (χ4n) is 2.19. The lowest BCUT2D eigenvalue weighted by Gasteiger charge is -2.22. The topological polar surface area (TPSA) is 93.1 Å². The van der Waals surface area contributed by atoms with Gasteiger partial charge in [0.25, 0.3) is 0 Å². The molecular formula is C22H34O6S2. The molecule has 8 heteroatoms. The Morgan fingerprint density at radius 3 is 1.93 bits per heavy atom. The van der Waals surface area contributed by atoms with Gasteiger partial charge >= 0.3 is 11.9 Å². The summed E-state index contributed by atoms with van der Waals surface area (Å²) in [5.41, 5.74) is 0.780. The highest BCUT2D eigenvalue weighted by Crippen LogP contribution is 2.24. The molecule has 0 amide bonds. The quantitative estimate of drug-likeness (QED) is 0.341. The first-order valence-electron chi connectivity index (χ1n) is 10.2. The molecule has 0 saturated heterocycles. The molecule has 2 N–H and O–H groups in total. The first-order valence-corrected chi connectivity index (χ1v) is 12.3. The van der Waals surface area contributed by atoms with E-state index in [-0.39, 0.29) is 11.4 Å². The number of ether oxygens (including phenoxy) is 2. The molecule has 170 valence electrons. The second kappa shape index (κ2) is 14.0. The van der Waals surface area contributed by atoms with E-state index in [1.54, 1.807) is 36.0 Å². The highest BCUT2D eigenvalue weighted by molar-refractivity contribution is 8.00. The minimum atomic E-state index is -0.769. The van der Waals surface area contributed by atoms with Gasteiger partial charge in [-0.15, -0.1) is 0 Å². The number of aliphatic hydroxyl groups is 2. The Morgan fingerprint density at radius 1 is 0.933 bits per heavy atom. The summed E-state index contributed by atoms with van der Waals surface area (Å²) in [6.07, 6.45) is -0.113. The van der Waals surface area contributed by atoms with Crippen molar-refractivity contribution in [1.29, 1.82) is 0 Å². The van der Waals surface area contributed by atoms with Gasteiger partial charge in [-0.1, -0.05) is 27.7 Å². The summed E-state index contributed by atoms with van der Waals surface area (Å²) in [6.45, 7) is 8.77. The Labute approximate surface area is 188 Å². The third-order valence-electron chi connectivity index (χ3n) is 3.88. The van der Waals surface area contributed by atoms with E-state index in [4.69, 9.17) is 9.47 Å². The van der Waals surface area contributed by atoms with E-state index < -0.39 is 24.1 Å². The Balaban J connectivity index is 2.22. The van der Waals surface area contributed by atoms with Crippen molar-refractivity contribution < 1.29 is 29.3 Å². The first-order chi connectivity index (χ1) is 14.1. The summed E-state index contributed by atoms with van der Waals surface area (Å²) in [6, 6.07) is 6.20. The van der Waals surface area contributed by atoms with Crippen LogP contribution in [0, 0.1) is 0 Å².